The lowest BCUT2D eigenvalue weighted by atomic mass is 9.95. The van der Waals surface area contributed by atoms with Gasteiger partial charge in [-0.05, 0) is 55.2 Å². The molecule has 0 amide bonds. The largest absolute Gasteiger partial charge is 0.345 e. The molecule has 0 fully saturated rings. The van der Waals surface area contributed by atoms with Crippen LogP contribution in [0.3, 0.4) is 0 Å². The van der Waals surface area contributed by atoms with E-state index in [9.17, 15) is 18.7 Å². The first kappa shape index (κ1) is 24.2. The van der Waals surface area contributed by atoms with Gasteiger partial charge in [0.05, 0.1) is 22.9 Å². The molecule has 0 spiro atoms. The first-order chi connectivity index (χ1) is 16.7. The molecule has 2 aromatic heterocycles. The fraction of sp³-hybridized carbons (Fsp3) is 0.192. The fourth-order valence-electron chi connectivity index (χ4n) is 3.99. The Bertz CT molecular complexity index is 1520. The number of aromatic amines is 1. The monoisotopic (exact) mass is 492 g/mol. The quantitative estimate of drug-likeness (QED) is 0.323. The lowest BCUT2D eigenvalue weighted by Gasteiger charge is -2.11. The zero-order chi connectivity index (χ0) is 25.3. The third kappa shape index (κ3) is 4.57. The van der Waals surface area contributed by atoms with Gasteiger partial charge in [-0.2, -0.15) is 5.26 Å². The topological polar surface area (TPSA) is 98.6 Å². The Hall–Kier alpha value is -3.90. The van der Waals surface area contributed by atoms with E-state index in [4.69, 9.17) is 0 Å². The van der Waals surface area contributed by atoms with E-state index in [0.29, 0.717) is 28.6 Å². The maximum Gasteiger partial charge on any atom is 0.201 e. The lowest BCUT2D eigenvalue weighted by Crippen LogP contribution is -2.13. The summed E-state index contributed by atoms with van der Waals surface area (Å²) in [4.78, 5) is 20.5. The molecule has 0 radical (unpaired) electrons. The van der Waals surface area contributed by atoms with Crippen molar-refractivity contribution in [2.24, 2.45) is 0 Å². The van der Waals surface area contributed by atoms with E-state index in [2.05, 4.69) is 20.8 Å². The van der Waals surface area contributed by atoms with Crippen molar-refractivity contribution in [3.05, 3.63) is 82.2 Å². The second kappa shape index (κ2) is 9.76. The summed E-state index contributed by atoms with van der Waals surface area (Å²) in [5.74, 6) is -2.69. The van der Waals surface area contributed by atoms with Gasteiger partial charge in [0, 0.05) is 34.7 Å². The predicted octanol–water partition coefficient (Wildman–Crippen LogP) is 5.71. The highest BCUT2D eigenvalue weighted by Gasteiger charge is 2.25. The number of anilines is 1. The number of carbonyl (C=O) groups is 1. The van der Waals surface area contributed by atoms with Crippen molar-refractivity contribution in [3.63, 3.8) is 0 Å². The number of halogens is 2. The molecule has 4 aromatic rings. The van der Waals surface area contributed by atoms with Crippen molar-refractivity contribution in [1.82, 2.24) is 9.97 Å². The Balaban J connectivity index is 1.79. The standard InChI is InChI=1S/C26H22F2N4O2S/c1-4-7-35(34)32-22-6-5-21(27)23(24(22)28)25(33)20-13-31-26-18(20)10-17(12-30-26)16-8-14(2)19(11-29)15(3)9-16/h5-6,8-10,12-13,32H,4,7H2,1-3H3,(H,30,31). The Morgan fingerprint density at radius 3 is 2.54 bits per heavy atom. The second-order valence-electron chi connectivity index (χ2n) is 8.18. The molecule has 2 heterocycles. The van der Waals surface area contributed by atoms with Crippen LogP contribution in [0.15, 0.2) is 42.7 Å². The van der Waals surface area contributed by atoms with Crippen molar-refractivity contribution in [2.75, 3.05) is 10.5 Å². The lowest BCUT2D eigenvalue weighted by molar-refractivity contribution is 0.103. The van der Waals surface area contributed by atoms with Crippen LogP contribution in [0.1, 0.15) is 46.0 Å². The number of fused-ring (bicyclic) bond motifs is 1. The molecule has 9 heteroatoms. The number of hydrogen-bond acceptors (Lipinski definition) is 4. The molecule has 2 aromatic carbocycles. The minimum atomic E-state index is -1.56. The van der Waals surface area contributed by atoms with E-state index in [-0.39, 0.29) is 17.0 Å². The van der Waals surface area contributed by atoms with Crippen molar-refractivity contribution in [1.29, 1.82) is 5.26 Å². The SMILES string of the molecule is CCCS(=O)Nc1ccc(F)c(C(=O)c2c[nH]c3ncc(-c4cc(C)c(C#N)c(C)c4)cc23)c1F. The zero-order valence-electron chi connectivity index (χ0n) is 19.3. The van der Waals surface area contributed by atoms with Gasteiger partial charge in [-0.1, -0.05) is 19.1 Å². The number of hydrogen-bond donors (Lipinski definition) is 2. The maximum absolute atomic E-state index is 15.2. The van der Waals surface area contributed by atoms with Crippen LogP contribution < -0.4 is 4.72 Å². The van der Waals surface area contributed by atoms with Crippen molar-refractivity contribution in [2.45, 2.75) is 27.2 Å². The minimum Gasteiger partial charge on any atom is -0.345 e. The first-order valence-electron chi connectivity index (χ1n) is 10.9. The van der Waals surface area contributed by atoms with E-state index in [1.54, 1.807) is 12.3 Å². The van der Waals surface area contributed by atoms with Gasteiger partial charge < -0.3 is 9.71 Å². The highest BCUT2D eigenvalue weighted by atomic mass is 32.2. The van der Waals surface area contributed by atoms with E-state index in [0.717, 1.165) is 28.8 Å². The molecule has 0 aliphatic carbocycles. The molecule has 1 atom stereocenters. The zero-order valence-corrected chi connectivity index (χ0v) is 20.1. The summed E-state index contributed by atoms with van der Waals surface area (Å²) in [6.45, 7) is 5.51. The van der Waals surface area contributed by atoms with E-state index < -0.39 is 34.0 Å². The third-order valence-electron chi connectivity index (χ3n) is 5.69. The molecule has 4 rings (SSSR count). The van der Waals surface area contributed by atoms with Gasteiger partial charge in [-0.15, -0.1) is 0 Å². The molecule has 35 heavy (non-hydrogen) atoms. The van der Waals surface area contributed by atoms with E-state index in [1.807, 2.05) is 32.9 Å². The van der Waals surface area contributed by atoms with Crippen molar-refractivity contribution >= 4 is 33.5 Å². The van der Waals surface area contributed by atoms with Crippen LogP contribution in [0.4, 0.5) is 14.5 Å². The van der Waals surface area contributed by atoms with Crippen LogP contribution in [0.25, 0.3) is 22.2 Å². The predicted molar refractivity (Wildman–Crippen MR) is 132 cm³/mol. The third-order valence-corrected chi connectivity index (χ3v) is 6.91. The van der Waals surface area contributed by atoms with Gasteiger partial charge in [0.1, 0.15) is 22.5 Å². The van der Waals surface area contributed by atoms with Crippen LogP contribution in [0.5, 0.6) is 0 Å². The number of pyridine rings is 1. The summed E-state index contributed by atoms with van der Waals surface area (Å²) in [6, 6.07) is 9.71. The van der Waals surface area contributed by atoms with Crippen molar-refractivity contribution < 1.29 is 17.8 Å². The molecule has 0 saturated heterocycles. The summed E-state index contributed by atoms with van der Waals surface area (Å²) < 4.78 is 44.3. The summed E-state index contributed by atoms with van der Waals surface area (Å²) in [6.07, 6.45) is 3.60. The number of nitrogens with one attached hydrogen (secondary N) is 2. The Labute approximate surface area is 203 Å². The number of aryl methyl sites for hydroxylation is 2. The van der Waals surface area contributed by atoms with E-state index in [1.165, 1.54) is 6.20 Å². The molecular formula is C26H22F2N4O2S. The van der Waals surface area contributed by atoms with Gasteiger partial charge in [-0.3, -0.25) is 4.79 Å². The molecule has 0 saturated carbocycles. The Kier molecular flexibility index (Phi) is 6.76. The van der Waals surface area contributed by atoms with Crippen LogP contribution >= 0.6 is 0 Å². The molecule has 0 aliphatic heterocycles. The molecule has 1 unspecified atom stereocenters. The Morgan fingerprint density at radius 1 is 1.17 bits per heavy atom. The number of nitriles is 1. The summed E-state index contributed by atoms with van der Waals surface area (Å²) in [5, 5.41) is 9.73. The smallest absolute Gasteiger partial charge is 0.201 e. The van der Waals surface area contributed by atoms with Gasteiger partial charge in [0.2, 0.25) is 5.78 Å². The number of rotatable bonds is 7. The number of aromatic nitrogens is 2. The average Bonchev–Trinajstić information content (AvgIpc) is 3.24. The number of benzene rings is 2. The molecule has 0 bridgehead atoms. The van der Waals surface area contributed by atoms with Gasteiger partial charge in [0.25, 0.3) is 0 Å². The number of ketones is 1. The summed E-state index contributed by atoms with van der Waals surface area (Å²) >= 11 is 0. The normalized spacial score (nSPS) is 11.9. The molecule has 2 N–H and O–H groups in total. The number of H-pyrrole nitrogens is 1. The molecule has 6 nitrogen and oxygen atoms in total. The fourth-order valence-corrected chi connectivity index (χ4v) is 4.86. The first-order valence-corrected chi connectivity index (χ1v) is 12.2. The summed E-state index contributed by atoms with van der Waals surface area (Å²) in [7, 11) is -1.56. The van der Waals surface area contributed by atoms with Gasteiger partial charge >= 0.3 is 0 Å². The van der Waals surface area contributed by atoms with Crippen molar-refractivity contribution in [3.8, 4) is 17.2 Å². The van der Waals surface area contributed by atoms with Gasteiger partial charge in [-0.25, -0.2) is 18.0 Å². The van der Waals surface area contributed by atoms with E-state index >= 15 is 4.39 Å². The maximum atomic E-state index is 15.2. The van der Waals surface area contributed by atoms with Crippen LogP contribution in [-0.2, 0) is 11.0 Å². The van der Waals surface area contributed by atoms with Crippen LogP contribution in [0.2, 0.25) is 0 Å². The number of carbonyl (C=O) groups excluding carboxylic acids is 1. The number of nitrogens with zero attached hydrogens (tertiary/aromatic N) is 2. The average molecular weight is 493 g/mol. The summed E-state index contributed by atoms with van der Waals surface area (Å²) in [5.41, 5.74) is 3.20. The highest BCUT2D eigenvalue weighted by molar-refractivity contribution is 7.86. The van der Waals surface area contributed by atoms with Gasteiger partial charge in [0.15, 0.2) is 5.82 Å². The second-order valence-corrected chi connectivity index (χ2v) is 9.49. The highest BCUT2D eigenvalue weighted by Crippen LogP contribution is 2.31. The minimum absolute atomic E-state index is 0.0565. The Morgan fingerprint density at radius 2 is 1.89 bits per heavy atom. The van der Waals surface area contributed by atoms with Crippen LogP contribution in [-0.4, -0.2) is 25.7 Å². The molecular weight excluding hydrogens is 470 g/mol. The molecule has 178 valence electrons. The molecule has 0 aliphatic rings. The van der Waals surface area contributed by atoms with Crippen LogP contribution in [0, 0.1) is 36.8 Å².